The maximum atomic E-state index is 12.6. The number of nitrogens with zero attached hydrogens (tertiary/aromatic N) is 3. The second-order valence-corrected chi connectivity index (χ2v) is 7.80. The van der Waals surface area contributed by atoms with Gasteiger partial charge in [0, 0.05) is 36.5 Å². The van der Waals surface area contributed by atoms with Crippen LogP contribution in [-0.2, 0) is 13.1 Å². The number of aromatic nitrogens is 2. The van der Waals surface area contributed by atoms with Crippen LogP contribution >= 0.6 is 0 Å². The zero-order valence-corrected chi connectivity index (χ0v) is 18.6. The minimum absolute atomic E-state index is 0.0259. The van der Waals surface area contributed by atoms with E-state index in [0.717, 1.165) is 11.3 Å². The number of nitrogens with one attached hydrogen (secondary N) is 2. The highest BCUT2D eigenvalue weighted by molar-refractivity contribution is 5.94. The molecule has 0 saturated heterocycles. The van der Waals surface area contributed by atoms with Crippen LogP contribution in [0.1, 0.15) is 21.5 Å². The molecule has 0 fully saturated rings. The van der Waals surface area contributed by atoms with Crippen molar-refractivity contribution in [3.63, 3.8) is 0 Å². The standard InChI is InChI=1S/C26H21N5O4/c1-2-12-30(16-19-6-11-24-23(14-19)26(33)29-17-28-24)21-9-7-20(8-10-21)25(32)27-15-18-4-3-5-22(13-18)31(34)35/h1,3-11,13-14,17H,12,15-16H2,(H,27,32)(H,28,29,33). The predicted octanol–water partition coefficient (Wildman–Crippen LogP) is 3.40. The zero-order valence-electron chi connectivity index (χ0n) is 18.6. The molecule has 4 aromatic rings. The summed E-state index contributed by atoms with van der Waals surface area (Å²) in [7, 11) is 0. The summed E-state index contributed by atoms with van der Waals surface area (Å²) in [5.41, 5.74) is 3.17. The molecule has 0 aliphatic heterocycles. The molecule has 0 aliphatic carbocycles. The Bertz CT molecular complexity index is 1490. The lowest BCUT2D eigenvalue weighted by atomic mass is 10.1. The van der Waals surface area contributed by atoms with Crippen molar-refractivity contribution in [2.75, 3.05) is 11.4 Å². The Balaban J connectivity index is 1.45. The second kappa shape index (κ2) is 10.3. The molecule has 0 atom stereocenters. The second-order valence-electron chi connectivity index (χ2n) is 7.80. The monoisotopic (exact) mass is 467 g/mol. The molecule has 9 nitrogen and oxygen atoms in total. The van der Waals surface area contributed by atoms with Crippen LogP contribution in [0.3, 0.4) is 0 Å². The molecule has 0 saturated carbocycles. The minimum Gasteiger partial charge on any atom is -0.356 e. The number of rotatable bonds is 8. The molecule has 0 spiro atoms. The van der Waals surface area contributed by atoms with Gasteiger partial charge in [-0.15, -0.1) is 6.42 Å². The van der Waals surface area contributed by atoms with Gasteiger partial charge in [0.15, 0.2) is 0 Å². The van der Waals surface area contributed by atoms with E-state index >= 15 is 0 Å². The summed E-state index contributed by atoms with van der Waals surface area (Å²) in [5, 5.41) is 14.2. The summed E-state index contributed by atoms with van der Waals surface area (Å²) in [5.74, 6) is 2.34. The highest BCUT2D eigenvalue weighted by Crippen LogP contribution is 2.20. The van der Waals surface area contributed by atoms with Gasteiger partial charge in [-0.25, -0.2) is 4.98 Å². The van der Waals surface area contributed by atoms with Crippen LogP contribution in [-0.4, -0.2) is 27.3 Å². The summed E-state index contributed by atoms with van der Waals surface area (Å²) in [6, 6.07) is 18.6. The van der Waals surface area contributed by atoms with Crippen LogP contribution in [0.25, 0.3) is 10.9 Å². The summed E-state index contributed by atoms with van der Waals surface area (Å²) >= 11 is 0. The molecule has 2 N–H and O–H groups in total. The molecule has 1 aromatic heterocycles. The summed E-state index contributed by atoms with van der Waals surface area (Å²) in [6.07, 6.45) is 6.95. The maximum absolute atomic E-state index is 12.6. The van der Waals surface area contributed by atoms with E-state index in [-0.39, 0.29) is 23.7 Å². The molecule has 174 valence electrons. The predicted molar refractivity (Wildman–Crippen MR) is 133 cm³/mol. The van der Waals surface area contributed by atoms with Crippen molar-refractivity contribution in [2.45, 2.75) is 13.1 Å². The molecule has 1 amide bonds. The average Bonchev–Trinajstić information content (AvgIpc) is 2.88. The highest BCUT2D eigenvalue weighted by Gasteiger charge is 2.12. The Morgan fingerprint density at radius 1 is 1.11 bits per heavy atom. The van der Waals surface area contributed by atoms with Gasteiger partial charge >= 0.3 is 0 Å². The quantitative estimate of drug-likeness (QED) is 0.233. The Labute approximate surface area is 200 Å². The number of hydrogen-bond acceptors (Lipinski definition) is 6. The van der Waals surface area contributed by atoms with Gasteiger partial charge in [-0.05, 0) is 47.5 Å². The van der Waals surface area contributed by atoms with Crippen LogP contribution in [0.5, 0.6) is 0 Å². The van der Waals surface area contributed by atoms with Crippen LogP contribution in [0, 0.1) is 22.5 Å². The van der Waals surface area contributed by atoms with Gasteiger partial charge in [0.25, 0.3) is 17.2 Å². The number of terminal acetylenes is 1. The third-order valence-corrected chi connectivity index (χ3v) is 5.43. The third-order valence-electron chi connectivity index (χ3n) is 5.43. The summed E-state index contributed by atoms with van der Waals surface area (Å²) in [4.78, 5) is 43.8. The van der Waals surface area contributed by atoms with E-state index in [0.29, 0.717) is 35.1 Å². The van der Waals surface area contributed by atoms with Gasteiger partial charge in [-0.3, -0.25) is 19.7 Å². The number of H-pyrrole nitrogens is 1. The molecule has 1 heterocycles. The lowest BCUT2D eigenvalue weighted by Gasteiger charge is -2.23. The van der Waals surface area contributed by atoms with Crippen LogP contribution in [0.15, 0.2) is 77.9 Å². The molecule has 4 rings (SSSR count). The first-order valence-electron chi connectivity index (χ1n) is 10.7. The Morgan fingerprint density at radius 3 is 2.66 bits per heavy atom. The molecular weight excluding hydrogens is 446 g/mol. The fourth-order valence-electron chi connectivity index (χ4n) is 3.67. The molecule has 35 heavy (non-hydrogen) atoms. The van der Waals surface area contributed by atoms with Crippen molar-refractivity contribution >= 4 is 28.2 Å². The van der Waals surface area contributed by atoms with Crippen LogP contribution < -0.4 is 15.8 Å². The fraction of sp³-hybridized carbons (Fsp3) is 0.115. The smallest absolute Gasteiger partial charge is 0.269 e. The number of non-ortho nitro benzene ring substituents is 1. The number of carbonyl (C=O) groups is 1. The number of aromatic amines is 1. The highest BCUT2D eigenvalue weighted by atomic mass is 16.6. The van der Waals surface area contributed by atoms with Crippen molar-refractivity contribution in [2.24, 2.45) is 0 Å². The molecule has 9 heteroatoms. The molecule has 0 unspecified atom stereocenters. The Hall–Kier alpha value is -4.97. The largest absolute Gasteiger partial charge is 0.356 e. The van der Waals surface area contributed by atoms with Gasteiger partial charge in [-0.1, -0.05) is 24.1 Å². The third kappa shape index (κ3) is 5.51. The lowest BCUT2D eigenvalue weighted by molar-refractivity contribution is -0.384. The number of anilines is 1. The molecule has 0 radical (unpaired) electrons. The van der Waals surface area contributed by atoms with E-state index in [1.54, 1.807) is 48.5 Å². The topological polar surface area (TPSA) is 121 Å². The number of carbonyl (C=O) groups excluding carboxylic acids is 1. The Kier molecular flexibility index (Phi) is 6.83. The molecule has 3 aromatic carbocycles. The normalized spacial score (nSPS) is 10.5. The first-order valence-corrected chi connectivity index (χ1v) is 10.7. The number of benzene rings is 3. The number of fused-ring (bicyclic) bond motifs is 1. The van der Waals surface area contributed by atoms with E-state index in [1.807, 2.05) is 11.0 Å². The van der Waals surface area contributed by atoms with E-state index < -0.39 is 4.92 Å². The Morgan fingerprint density at radius 2 is 1.91 bits per heavy atom. The van der Waals surface area contributed by atoms with Crippen LogP contribution in [0.4, 0.5) is 11.4 Å². The zero-order chi connectivity index (χ0) is 24.8. The maximum Gasteiger partial charge on any atom is 0.269 e. The van der Waals surface area contributed by atoms with Gasteiger partial charge in [0.1, 0.15) is 0 Å². The average molecular weight is 467 g/mol. The summed E-state index contributed by atoms with van der Waals surface area (Å²) < 4.78 is 0. The summed E-state index contributed by atoms with van der Waals surface area (Å²) in [6.45, 7) is 0.966. The van der Waals surface area contributed by atoms with Crippen molar-refractivity contribution in [3.8, 4) is 12.3 Å². The minimum atomic E-state index is -0.473. The molecular formula is C26H21N5O4. The van der Waals surface area contributed by atoms with Crippen molar-refractivity contribution in [1.82, 2.24) is 15.3 Å². The first kappa shape index (κ1) is 23.2. The molecule has 0 aliphatic rings. The van der Waals surface area contributed by atoms with E-state index in [9.17, 15) is 19.7 Å². The first-order chi connectivity index (χ1) is 16.9. The number of nitro groups is 1. The van der Waals surface area contributed by atoms with Gasteiger partial charge in [0.05, 0.1) is 28.7 Å². The van der Waals surface area contributed by atoms with Crippen LogP contribution in [0.2, 0.25) is 0 Å². The van der Waals surface area contributed by atoms with E-state index in [1.165, 1.54) is 18.5 Å². The van der Waals surface area contributed by atoms with E-state index in [2.05, 4.69) is 21.2 Å². The number of amides is 1. The van der Waals surface area contributed by atoms with Crippen molar-refractivity contribution < 1.29 is 9.72 Å². The molecule has 0 bridgehead atoms. The van der Waals surface area contributed by atoms with Gasteiger partial charge < -0.3 is 15.2 Å². The lowest BCUT2D eigenvalue weighted by Crippen LogP contribution is -2.24. The SMILES string of the molecule is C#CCN(Cc1ccc2nc[nH]c(=O)c2c1)c1ccc(C(=O)NCc2cccc([N+](=O)[O-])c2)cc1. The van der Waals surface area contributed by atoms with Crippen molar-refractivity contribution in [1.29, 1.82) is 0 Å². The number of nitro benzene ring substituents is 1. The van der Waals surface area contributed by atoms with Gasteiger partial charge in [-0.2, -0.15) is 0 Å². The number of hydrogen-bond donors (Lipinski definition) is 2. The van der Waals surface area contributed by atoms with Crippen molar-refractivity contribution in [3.05, 3.63) is 110 Å². The van der Waals surface area contributed by atoms with E-state index in [4.69, 9.17) is 6.42 Å². The van der Waals surface area contributed by atoms with Gasteiger partial charge in [0.2, 0.25) is 0 Å². The fourth-order valence-corrected chi connectivity index (χ4v) is 3.67.